The fraction of sp³-hybridized carbons (Fsp3) is 0.127. The van der Waals surface area contributed by atoms with Gasteiger partial charge in [0.05, 0.1) is 10.8 Å². The van der Waals surface area contributed by atoms with Gasteiger partial charge in [-0.25, -0.2) is 0 Å². The Morgan fingerprint density at radius 2 is 0.959 bits per heavy atom. The molecule has 0 bridgehead atoms. The average molecular weight is 937 g/mol. The highest BCUT2D eigenvalue weighted by atomic mass is 15.1. The van der Waals surface area contributed by atoms with Gasteiger partial charge in [0.1, 0.15) is 0 Å². The Labute approximate surface area is 430 Å². The summed E-state index contributed by atoms with van der Waals surface area (Å²) >= 11 is 0. The monoisotopic (exact) mass is 936 g/mol. The van der Waals surface area contributed by atoms with E-state index in [0.29, 0.717) is 5.92 Å². The lowest BCUT2D eigenvalue weighted by Gasteiger charge is -2.35. The van der Waals surface area contributed by atoms with Crippen LogP contribution in [0.15, 0.2) is 271 Å². The van der Waals surface area contributed by atoms with Crippen LogP contribution in [-0.2, 0) is 10.8 Å². The number of fused-ring (bicyclic) bond motifs is 15. The van der Waals surface area contributed by atoms with Crippen molar-refractivity contribution < 1.29 is 0 Å². The Balaban J connectivity index is 1.09. The maximum atomic E-state index is 4.21. The predicted octanol–water partition coefficient (Wildman–Crippen LogP) is 18.5. The fourth-order valence-electron chi connectivity index (χ4n) is 14.1. The molecule has 3 atom stereocenters. The van der Waals surface area contributed by atoms with E-state index in [1.807, 2.05) is 6.08 Å². The van der Waals surface area contributed by atoms with Crippen molar-refractivity contribution in [3.05, 3.63) is 304 Å². The lowest BCUT2D eigenvalue weighted by Crippen LogP contribution is -2.29. The van der Waals surface area contributed by atoms with Crippen LogP contribution in [0.1, 0.15) is 67.5 Å². The van der Waals surface area contributed by atoms with Crippen LogP contribution >= 0.6 is 0 Å². The molecule has 0 aliphatic heterocycles. The lowest BCUT2D eigenvalue weighted by atomic mass is 9.66. The summed E-state index contributed by atoms with van der Waals surface area (Å²) in [6.45, 7) is 13.8. The molecule has 0 aromatic heterocycles. The van der Waals surface area contributed by atoms with Crippen LogP contribution in [0.25, 0.3) is 27.8 Å². The molecule has 8 aromatic carbocycles. The van der Waals surface area contributed by atoms with E-state index in [0.717, 1.165) is 40.5 Å². The third kappa shape index (κ3) is 5.92. The summed E-state index contributed by atoms with van der Waals surface area (Å²) in [4.78, 5) is 4.84. The first-order chi connectivity index (χ1) is 35.7. The Morgan fingerprint density at radius 1 is 0.479 bits per heavy atom. The van der Waals surface area contributed by atoms with Gasteiger partial charge in [0.2, 0.25) is 0 Å². The van der Waals surface area contributed by atoms with Crippen molar-refractivity contribution in [1.29, 1.82) is 0 Å². The summed E-state index contributed by atoms with van der Waals surface area (Å²) in [6.07, 6.45) is 17.4. The molecule has 14 rings (SSSR count). The third-order valence-electron chi connectivity index (χ3n) is 17.0. The van der Waals surface area contributed by atoms with E-state index in [4.69, 9.17) is 0 Å². The van der Waals surface area contributed by atoms with Crippen molar-refractivity contribution in [2.45, 2.75) is 44.9 Å². The van der Waals surface area contributed by atoms with E-state index >= 15 is 0 Å². The molecule has 6 aliphatic rings. The van der Waals surface area contributed by atoms with Crippen molar-refractivity contribution in [2.75, 3.05) is 9.80 Å². The number of rotatable bonds is 8. The SMILES string of the molecule is C=C/C=C\C1=C(C)c2ccccc2C12c1cc(N(c3ccccc3)c3ccccc3)ccc1-c1cc3c(cc12)-c1ccc(N(c2ccccc2)c2ccccc2)cc1C31C2=C(CC(C)C=C2)C2=C1C=CC2(C)C. The molecule has 350 valence electrons. The molecule has 73 heavy (non-hydrogen) atoms. The van der Waals surface area contributed by atoms with Crippen molar-refractivity contribution in [3.8, 4) is 22.3 Å². The second kappa shape index (κ2) is 16.0. The van der Waals surface area contributed by atoms with E-state index in [2.05, 4.69) is 275 Å². The summed E-state index contributed by atoms with van der Waals surface area (Å²) < 4.78 is 0. The predicted molar refractivity (Wildman–Crippen MR) is 306 cm³/mol. The van der Waals surface area contributed by atoms with Gasteiger partial charge in [0, 0.05) is 39.5 Å². The largest absolute Gasteiger partial charge is 0.310 e. The Bertz CT molecular complexity index is 3750. The van der Waals surface area contributed by atoms with Crippen LogP contribution < -0.4 is 9.80 Å². The molecule has 2 heteroatoms. The summed E-state index contributed by atoms with van der Waals surface area (Å²) in [7, 11) is 0. The maximum Gasteiger partial charge on any atom is 0.0723 e. The van der Waals surface area contributed by atoms with Gasteiger partial charge in [0.15, 0.2) is 0 Å². The number of hydrogen-bond acceptors (Lipinski definition) is 2. The lowest BCUT2D eigenvalue weighted by molar-refractivity contribution is 0.579. The van der Waals surface area contributed by atoms with Gasteiger partial charge in [-0.3, -0.25) is 0 Å². The zero-order valence-corrected chi connectivity index (χ0v) is 41.9. The third-order valence-corrected chi connectivity index (χ3v) is 17.0. The summed E-state index contributed by atoms with van der Waals surface area (Å²) in [5.74, 6) is 0.448. The summed E-state index contributed by atoms with van der Waals surface area (Å²) in [5, 5.41) is 0. The zero-order valence-electron chi connectivity index (χ0n) is 41.9. The van der Waals surface area contributed by atoms with Crippen LogP contribution in [0.5, 0.6) is 0 Å². The molecule has 0 heterocycles. The zero-order chi connectivity index (χ0) is 49.2. The fourth-order valence-corrected chi connectivity index (χ4v) is 14.1. The van der Waals surface area contributed by atoms with E-state index < -0.39 is 10.8 Å². The molecular weight excluding hydrogens is 881 g/mol. The molecule has 2 spiro atoms. The molecule has 0 radical (unpaired) electrons. The molecule has 6 aliphatic carbocycles. The molecule has 0 saturated carbocycles. The van der Waals surface area contributed by atoms with E-state index in [-0.39, 0.29) is 5.41 Å². The molecule has 2 nitrogen and oxygen atoms in total. The highest BCUT2D eigenvalue weighted by molar-refractivity contribution is 6.01. The highest BCUT2D eigenvalue weighted by Gasteiger charge is 2.59. The van der Waals surface area contributed by atoms with Gasteiger partial charge in [-0.1, -0.05) is 179 Å². The number of anilines is 6. The molecule has 3 unspecified atom stereocenters. The minimum atomic E-state index is -0.609. The van der Waals surface area contributed by atoms with Crippen molar-refractivity contribution in [1.82, 2.24) is 0 Å². The Kier molecular flexibility index (Phi) is 9.51. The van der Waals surface area contributed by atoms with Gasteiger partial charge >= 0.3 is 0 Å². The molecule has 0 fully saturated rings. The minimum absolute atomic E-state index is 0.111. The van der Waals surface area contributed by atoms with Crippen LogP contribution in [0.2, 0.25) is 0 Å². The topological polar surface area (TPSA) is 6.48 Å². The number of hydrogen-bond donors (Lipinski definition) is 0. The van der Waals surface area contributed by atoms with Gasteiger partial charge < -0.3 is 9.80 Å². The minimum Gasteiger partial charge on any atom is -0.310 e. The van der Waals surface area contributed by atoms with Crippen LogP contribution in [0, 0.1) is 11.3 Å². The van der Waals surface area contributed by atoms with Crippen molar-refractivity contribution in [3.63, 3.8) is 0 Å². The highest BCUT2D eigenvalue weighted by Crippen LogP contribution is 2.70. The van der Waals surface area contributed by atoms with Crippen molar-refractivity contribution in [2.24, 2.45) is 11.3 Å². The number of allylic oxidation sites excluding steroid dienone is 13. The quantitative estimate of drug-likeness (QED) is 0.140. The van der Waals surface area contributed by atoms with Crippen molar-refractivity contribution >= 4 is 39.7 Å². The van der Waals surface area contributed by atoms with E-state index in [1.165, 1.54) is 89.1 Å². The van der Waals surface area contributed by atoms with Gasteiger partial charge in [-0.2, -0.15) is 0 Å². The Morgan fingerprint density at radius 3 is 1.49 bits per heavy atom. The standard InChI is InChI=1S/C71H56N2/c1-6-7-31-60-47(3)54-30-20-21-32-61(54)70(60)64-42-52(72(48-22-12-8-13-23-48)49-24-14-9-15-25-49)34-36-55(64)57-45-67-58(44-66(57)70)56-37-35-53(73(50-26-16-10-17-27-50)51-28-18-11-19-29-51)43-65(56)71(67)62-38-33-46(2)41-59(62)68-63(71)39-40-69(68,4)5/h6-40,42-46H,1,41H2,2-5H3/b31-7-. The first-order valence-electron chi connectivity index (χ1n) is 26.0. The molecule has 0 N–H and O–H groups in total. The van der Waals surface area contributed by atoms with Crippen LogP contribution in [-0.4, -0.2) is 0 Å². The van der Waals surface area contributed by atoms with E-state index in [9.17, 15) is 0 Å². The number of benzene rings is 8. The maximum absolute atomic E-state index is 4.21. The van der Waals surface area contributed by atoms with Crippen LogP contribution in [0.4, 0.5) is 34.1 Å². The van der Waals surface area contributed by atoms with Gasteiger partial charge in [0.25, 0.3) is 0 Å². The number of para-hydroxylation sites is 4. The normalized spacial score (nSPS) is 20.9. The first kappa shape index (κ1) is 43.3. The molecular formula is C71H56N2. The number of nitrogens with zero attached hydrogens (tertiary/aromatic N) is 2. The van der Waals surface area contributed by atoms with Crippen LogP contribution in [0.3, 0.4) is 0 Å². The average Bonchev–Trinajstić information content (AvgIpc) is 4.16. The molecule has 8 aromatic rings. The Hall–Kier alpha value is -8.46. The second-order valence-corrected chi connectivity index (χ2v) is 21.4. The summed E-state index contributed by atoms with van der Waals surface area (Å²) in [5.41, 5.74) is 27.2. The summed E-state index contributed by atoms with van der Waals surface area (Å²) in [6, 6.07) is 72.5. The smallest absolute Gasteiger partial charge is 0.0723 e. The molecule has 0 amide bonds. The van der Waals surface area contributed by atoms with Gasteiger partial charge in [-0.15, -0.1) is 0 Å². The first-order valence-corrected chi connectivity index (χ1v) is 26.0. The molecule has 0 saturated heterocycles. The van der Waals surface area contributed by atoms with E-state index in [1.54, 1.807) is 0 Å². The second-order valence-electron chi connectivity index (χ2n) is 21.4. The van der Waals surface area contributed by atoms with Gasteiger partial charge in [-0.05, 0) is 193 Å².